The molecular weight excluding hydrogens is 499 g/mol. The minimum atomic E-state index is -4.42. The second kappa shape index (κ2) is 11.4. The summed E-state index contributed by atoms with van der Waals surface area (Å²) in [5.41, 5.74) is 0.395. The van der Waals surface area contributed by atoms with Gasteiger partial charge in [-0.05, 0) is 36.2 Å². The zero-order valence-corrected chi connectivity index (χ0v) is 20.2. The molecule has 2 aromatic carbocycles. The monoisotopic (exact) mass is 525 g/mol. The van der Waals surface area contributed by atoms with Crippen molar-refractivity contribution in [2.24, 2.45) is 5.92 Å². The van der Waals surface area contributed by atoms with E-state index in [2.05, 4.69) is 5.32 Å². The zero-order valence-electron chi connectivity index (χ0n) is 19.5. The van der Waals surface area contributed by atoms with Gasteiger partial charge >= 0.3 is 18.3 Å². The predicted octanol–water partition coefficient (Wildman–Crippen LogP) is 5.47. The van der Waals surface area contributed by atoms with E-state index in [0.29, 0.717) is 62.1 Å². The zero-order chi connectivity index (χ0) is 25.7. The van der Waals surface area contributed by atoms with E-state index in [1.165, 1.54) is 12.1 Å². The molecule has 0 aliphatic carbocycles. The van der Waals surface area contributed by atoms with Crippen molar-refractivity contribution in [1.29, 1.82) is 0 Å². The summed E-state index contributed by atoms with van der Waals surface area (Å²) in [6.45, 7) is 2.63. The van der Waals surface area contributed by atoms with Gasteiger partial charge in [0.25, 0.3) is 0 Å². The van der Waals surface area contributed by atoms with Gasteiger partial charge in [0.05, 0.1) is 36.1 Å². The number of ether oxygens (including phenoxy) is 2. The molecule has 0 spiro atoms. The van der Waals surface area contributed by atoms with Crippen LogP contribution in [-0.2, 0) is 15.7 Å². The van der Waals surface area contributed by atoms with E-state index in [-0.39, 0.29) is 24.5 Å². The number of para-hydroxylation sites is 1. The number of amides is 3. The van der Waals surface area contributed by atoms with Crippen LogP contribution in [0.15, 0.2) is 48.5 Å². The Morgan fingerprint density at radius 3 is 2.39 bits per heavy atom. The first-order valence-corrected chi connectivity index (χ1v) is 12.1. The number of carbonyl (C=O) groups is 2. The fourth-order valence-corrected chi connectivity index (χ4v) is 4.71. The van der Waals surface area contributed by atoms with Crippen molar-refractivity contribution in [3.8, 4) is 0 Å². The number of benzene rings is 2. The number of piperidine rings is 1. The molecule has 2 unspecified atom stereocenters. The number of hydrogen-bond donors (Lipinski definition) is 1. The Morgan fingerprint density at radius 1 is 1.03 bits per heavy atom. The van der Waals surface area contributed by atoms with Crippen molar-refractivity contribution in [2.45, 2.75) is 18.5 Å². The van der Waals surface area contributed by atoms with E-state index < -0.39 is 17.8 Å². The van der Waals surface area contributed by atoms with Crippen LogP contribution in [0.25, 0.3) is 0 Å². The van der Waals surface area contributed by atoms with Crippen LogP contribution in [-0.4, -0.2) is 67.9 Å². The second-order valence-electron chi connectivity index (χ2n) is 8.91. The van der Waals surface area contributed by atoms with Gasteiger partial charge in [-0.2, -0.15) is 13.2 Å². The van der Waals surface area contributed by atoms with Gasteiger partial charge in [0.2, 0.25) is 0 Å². The van der Waals surface area contributed by atoms with Crippen molar-refractivity contribution in [3.63, 3.8) is 0 Å². The van der Waals surface area contributed by atoms with E-state index in [9.17, 15) is 22.8 Å². The predicted molar refractivity (Wildman–Crippen MR) is 128 cm³/mol. The van der Waals surface area contributed by atoms with Crippen molar-refractivity contribution in [2.75, 3.05) is 51.3 Å². The number of likely N-dealkylation sites (tertiary alicyclic amines) is 1. The molecule has 2 aromatic rings. The van der Waals surface area contributed by atoms with Crippen LogP contribution in [0.4, 0.5) is 28.4 Å². The first-order valence-electron chi connectivity index (χ1n) is 11.7. The quantitative estimate of drug-likeness (QED) is 0.575. The summed E-state index contributed by atoms with van der Waals surface area (Å²) in [6, 6.07) is 11.6. The van der Waals surface area contributed by atoms with E-state index in [0.717, 1.165) is 12.1 Å². The summed E-state index contributed by atoms with van der Waals surface area (Å²) in [6.07, 6.45) is -4.54. The standard InChI is InChI=1S/C25H27ClF3N3O4/c26-21-3-1-2-4-22(21)30-23(33)36-16-17-13-19(18-5-7-20(8-6-18)25(27,28)29)15-32(14-17)24(34)31-9-11-35-12-10-31/h1-8,17,19H,9-16H2,(H,30,33). The van der Waals surface area contributed by atoms with Crippen molar-refractivity contribution in [1.82, 2.24) is 9.80 Å². The molecule has 3 amide bonds. The molecule has 0 saturated carbocycles. The third-order valence-electron chi connectivity index (χ3n) is 6.36. The van der Waals surface area contributed by atoms with Gasteiger partial charge in [-0.15, -0.1) is 0 Å². The van der Waals surface area contributed by atoms with E-state index >= 15 is 0 Å². The van der Waals surface area contributed by atoms with Gasteiger partial charge in [0, 0.05) is 38.0 Å². The van der Waals surface area contributed by atoms with Crippen molar-refractivity contribution in [3.05, 3.63) is 64.7 Å². The van der Waals surface area contributed by atoms with Crippen molar-refractivity contribution >= 4 is 29.4 Å². The summed E-state index contributed by atoms with van der Waals surface area (Å²) >= 11 is 6.07. The molecule has 4 rings (SSSR count). The van der Waals surface area contributed by atoms with E-state index in [4.69, 9.17) is 21.1 Å². The van der Waals surface area contributed by atoms with Gasteiger partial charge < -0.3 is 19.3 Å². The van der Waals surface area contributed by atoms with Gasteiger partial charge in [0.1, 0.15) is 0 Å². The molecular formula is C25H27ClF3N3O4. The Hall–Kier alpha value is -2.98. The number of hydrogen-bond acceptors (Lipinski definition) is 4. The van der Waals surface area contributed by atoms with E-state index in [1.54, 1.807) is 34.1 Å². The van der Waals surface area contributed by atoms with Crippen LogP contribution in [0, 0.1) is 5.92 Å². The number of anilines is 1. The highest BCUT2D eigenvalue weighted by atomic mass is 35.5. The molecule has 0 aromatic heterocycles. The Balaban J connectivity index is 1.45. The number of alkyl halides is 3. The summed E-state index contributed by atoms with van der Waals surface area (Å²) in [7, 11) is 0. The Kier molecular flexibility index (Phi) is 8.25. The summed E-state index contributed by atoms with van der Waals surface area (Å²) in [5.74, 6) is -0.403. The lowest BCUT2D eigenvalue weighted by atomic mass is 9.84. The lowest BCUT2D eigenvalue weighted by Gasteiger charge is -2.41. The summed E-state index contributed by atoms with van der Waals surface area (Å²) in [5, 5.41) is 2.97. The highest BCUT2D eigenvalue weighted by Crippen LogP contribution is 2.34. The largest absolute Gasteiger partial charge is 0.449 e. The molecule has 36 heavy (non-hydrogen) atoms. The average molecular weight is 526 g/mol. The first-order chi connectivity index (χ1) is 17.2. The van der Waals surface area contributed by atoms with Crippen molar-refractivity contribution < 1.29 is 32.2 Å². The fraction of sp³-hybridized carbons (Fsp3) is 0.440. The minimum Gasteiger partial charge on any atom is -0.449 e. The lowest BCUT2D eigenvalue weighted by molar-refractivity contribution is -0.137. The van der Waals surface area contributed by atoms with Gasteiger partial charge in [-0.3, -0.25) is 5.32 Å². The molecule has 0 radical (unpaired) electrons. The minimum absolute atomic E-state index is 0.0420. The molecule has 2 aliphatic heterocycles. The smallest absolute Gasteiger partial charge is 0.416 e. The maximum Gasteiger partial charge on any atom is 0.416 e. The molecule has 11 heteroatoms. The molecule has 2 fully saturated rings. The molecule has 0 bridgehead atoms. The molecule has 7 nitrogen and oxygen atoms in total. The molecule has 2 atom stereocenters. The number of rotatable bonds is 4. The number of carbonyl (C=O) groups excluding carboxylic acids is 2. The number of nitrogens with zero attached hydrogens (tertiary/aromatic N) is 2. The maximum absolute atomic E-state index is 13.2. The van der Waals surface area contributed by atoms with Gasteiger partial charge in [-0.25, -0.2) is 9.59 Å². The van der Waals surface area contributed by atoms with Gasteiger partial charge in [0.15, 0.2) is 0 Å². The Labute approximate surface area is 212 Å². The normalized spacial score (nSPS) is 20.7. The fourth-order valence-electron chi connectivity index (χ4n) is 4.52. The van der Waals surface area contributed by atoms with Gasteiger partial charge in [-0.1, -0.05) is 35.9 Å². The van der Waals surface area contributed by atoms with Crippen LogP contribution in [0.2, 0.25) is 5.02 Å². The average Bonchev–Trinajstić information content (AvgIpc) is 2.88. The molecule has 1 N–H and O–H groups in total. The molecule has 2 heterocycles. The highest BCUT2D eigenvalue weighted by molar-refractivity contribution is 6.33. The Bertz CT molecular complexity index is 1060. The topological polar surface area (TPSA) is 71.1 Å². The number of nitrogens with one attached hydrogen (secondary N) is 1. The number of halogens is 4. The SMILES string of the molecule is O=C(Nc1ccccc1Cl)OCC1CC(c2ccc(C(F)(F)F)cc2)CN(C(=O)N2CCOCC2)C1. The van der Waals surface area contributed by atoms with E-state index in [1.807, 2.05) is 0 Å². The molecule has 2 aliphatic rings. The molecule has 2 saturated heterocycles. The summed E-state index contributed by atoms with van der Waals surface area (Å²) in [4.78, 5) is 28.9. The second-order valence-corrected chi connectivity index (χ2v) is 9.32. The number of urea groups is 1. The summed E-state index contributed by atoms with van der Waals surface area (Å²) < 4.78 is 49.8. The third-order valence-corrected chi connectivity index (χ3v) is 6.69. The lowest BCUT2D eigenvalue weighted by Crippen LogP contribution is -2.52. The number of morpholine rings is 1. The van der Waals surface area contributed by atoms with Crippen LogP contribution in [0.1, 0.15) is 23.5 Å². The van der Waals surface area contributed by atoms with Crippen LogP contribution >= 0.6 is 11.6 Å². The highest BCUT2D eigenvalue weighted by Gasteiger charge is 2.35. The Morgan fingerprint density at radius 2 is 1.72 bits per heavy atom. The van der Waals surface area contributed by atoms with Crippen LogP contribution in [0.3, 0.4) is 0 Å². The van der Waals surface area contributed by atoms with Crippen LogP contribution < -0.4 is 5.32 Å². The first kappa shape index (κ1) is 26.1. The molecule has 194 valence electrons. The maximum atomic E-state index is 13.2. The van der Waals surface area contributed by atoms with Crippen LogP contribution in [0.5, 0.6) is 0 Å². The third kappa shape index (κ3) is 6.61.